The van der Waals surface area contributed by atoms with Gasteiger partial charge in [0.2, 0.25) is 0 Å². The molecule has 0 saturated heterocycles. The molecule has 3 nitrogen and oxygen atoms in total. The van der Waals surface area contributed by atoms with Crippen molar-refractivity contribution in [1.29, 1.82) is 0 Å². The van der Waals surface area contributed by atoms with Crippen LogP contribution in [0.3, 0.4) is 0 Å². The van der Waals surface area contributed by atoms with E-state index in [-0.39, 0.29) is 10.3 Å². The van der Waals surface area contributed by atoms with Crippen molar-refractivity contribution in [2.75, 3.05) is 0 Å². The SMILES string of the molecule is Fc1c(Cl)nc2ccnn2c1Cl. The van der Waals surface area contributed by atoms with Crippen molar-refractivity contribution in [3.05, 3.63) is 28.4 Å². The highest BCUT2D eigenvalue weighted by Gasteiger charge is 2.11. The van der Waals surface area contributed by atoms with Crippen molar-refractivity contribution < 1.29 is 4.39 Å². The van der Waals surface area contributed by atoms with E-state index in [1.54, 1.807) is 6.07 Å². The second-order valence-corrected chi connectivity index (χ2v) is 2.82. The van der Waals surface area contributed by atoms with E-state index >= 15 is 0 Å². The van der Waals surface area contributed by atoms with Gasteiger partial charge in [-0.2, -0.15) is 5.10 Å². The van der Waals surface area contributed by atoms with Gasteiger partial charge in [0.15, 0.2) is 21.8 Å². The van der Waals surface area contributed by atoms with Crippen LogP contribution in [0.5, 0.6) is 0 Å². The van der Waals surface area contributed by atoms with Gasteiger partial charge in [-0.25, -0.2) is 13.9 Å². The third-order valence-electron chi connectivity index (χ3n) is 1.38. The number of rotatable bonds is 0. The molecule has 2 rings (SSSR count). The molecule has 0 amide bonds. The summed E-state index contributed by atoms with van der Waals surface area (Å²) in [5.41, 5.74) is 0.423. The molecular weight excluding hydrogens is 204 g/mol. The van der Waals surface area contributed by atoms with Gasteiger partial charge in [0.1, 0.15) is 0 Å². The lowest BCUT2D eigenvalue weighted by atomic mass is 10.6. The van der Waals surface area contributed by atoms with Gasteiger partial charge >= 0.3 is 0 Å². The highest BCUT2D eigenvalue weighted by Crippen LogP contribution is 2.21. The highest BCUT2D eigenvalue weighted by molar-refractivity contribution is 6.33. The van der Waals surface area contributed by atoms with E-state index in [2.05, 4.69) is 10.1 Å². The fraction of sp³-hybridized carbons (Fsp3) is 0. The summed E-state index contributed by atoms with van der Waals surface area (Å²) in [4.78, 5) is 3.70. The monoisotopic (exact) mass is 205 g/mol. The molecule has 0 aliphatic heterocycles. The summed E-state index contributed by atoms with van der Waals surface area (Å²) in [7, 11) is 0. The standard InChI is InChI=1S/C6H2Cl2FN3/c7-5-4(9)6(8)12-3(11-5)1-2-10-12/h1-2H. The van der Waals surface area contributed by atoms with E-state index in [0.29, 0.717) is 5.65 Å². The molecular formula is C6H2Cl2FN3. The van der Waals surface area contributed by atoms with Gasteiger partial charge in [0.25, 0.3) is 0 Å². The first kappa shape index (κ1) is 7.76. The van der Waals surface area contributed by atoms with E-state index < -0.39 is 5.82 Å². The van der Waals surface area contributed by atoms with Crippen LogP contribution in [0.2, 0.25) is 10.3 Å². The maximum Gasteiger partial charge on any atom is 0.197 e. The molecule has 0 N–H and O–H groups in total. The van der Waals surface area contributed by atoms with Crippen LogP contribution in [0.4, 0.5) is 4.39 Å². The third-order valence-corrected chi connectivity index (χ3v) is 1.96. The lowest BCUT2D eigenvalue weighted by molar-refractivity contribution is 0.608. The van der Waals surface area contributed by atoms with Gasteiger partial charge in [0.05, 0.1) is 6.20 Å². The molecule has 0 aliphatic carbocycles. The Morgan fingerprint density at radius 2 is 2.17 bits per heavy atom. The summed E-state index contributed by atoms with van der Waals surface area (Å²) in [6.45, 7) is 0. The first-order chi connectivity index (χ1) is 5.70. The van der Waals surface area contributed by atoms with Gasteiger partial charge in [0, 0.05) is 6.07 Å². The van der Waals surface area contributed by atoms with E-state index in [0.717, 1.165) is 0 Å². The third kappa shape index (κ3) is 0.956. The van der Waals surface area contributed by atoms with Crippen LogP contribution in [0.1, 0.15) is 0 Å². The summed E-state index contributed by atoms with van der Waals surface area (Å²) in [6, 6.07) is 1.58. The minimum atomic E-state index is -0.755. The van der Waals surface area contributed by atoms with E-state index in [9.17, 15) is 4.39 Å². The van der Waals surface area contributed by atoms with Crippen molar-refractivity contribution in [3.63, 3.8) is 0 Å². The molecule has 0 radical (unpaired) electrons. The second-order valence-electron chi connectivity index (χ2n) is 2.11. The molecule has 0 saturated carbocycles. The second kappa shape index (κ2) is 2.57. The van der Waals surface area contributed by atoms with Crippen molar-refractivity contribution in [1.82, 2.24) is 14.6 Å². The Kier molecular flexibility index (Phi) is 1.66. The Morgan fingerprint density at radius 3 is 2.92 bits per heavy atom. The molecule has 6 heteroatoms. The molecule has 0 atom stereocenters. The van der Waals surface area contributed by atoms with E-state index in [4.69, 9.17) is 23.2 Å². The Labute approximate surface area is 76.7 Å². The Bertz CT molecular complexity index is 440. The quantitative estimate of drug-likeness (QED) is 0.618. The Hall–Kier alpha value is -0.870. The van der Waals surface area contributed by atoms with Crippen molar-refractivity contribution in [2.24, 2.45) is 0 Å². The molecule has 2 heterocycles. The minimum absolute atomic E-state index is 0.157. The number of hydrogen-bond donors (Lipinski definition) is 0. The van der Waals surface area contributed by atoms with Gasteiger partial charge in [-0.3, -0.25) is 0 Å². The molecule has 0 spiro atoms. The largest absolute Gasteiger partial charge is 0.214 e. The zero-order chi connectivity index (χ0) is 8.72. The number of halogens is 3. The summed E-state index contributed by atoms with van der Waals surface area (Å²) in [6.07, 6.45) is 1.46. The predicted molar refractivity (Wildman–Crippen MR) is 43.0 cm³/mol. The first-order valence-corrected chi connectivity index (χ1v) is 3.80. The molecule has 0 aromatic carbocycles. The van der Waals surface area contributed by atoms with Crippen LogP contribution in [0, 0.1) is 5.82 Å². The van der Waals surface area contributed by atoms with Crippen LogP contribution in [0.25, 0.3) is 5.65 Å². The Morgan fingerprint density at radius 1 is 1.42 bits per heavy atom. The van der Waals surface area contributed by atoms with Crippen LogP contribution in [-0.4, -0.2) is 14.6 Å². The maximum absolute atomic E-state index is 13.0. The zero-order valence-electron chi connectivity index (χ0n) is 5.63. The topological polar surface area (TPSA) is 30.2 Å². The molecule has 0 bridgehead atoms. The van der Waals surface area contributed by atoms with Gasteiger partial charge in [-0.05, 0) is 0 Å². The molecule has 2 aromatic rings. The smallest absolute Gasteiger partial charge is 0.197 e. The number of nitrogens with zero attached hydrogens (tertiary/aromatic N) is 3. The summed E-state index contributed by atoms with van der Waals surface area (Å²) in [5, 5.41) is 3.34. The average Bonchev–Trinajstić information content (AvgIpc) is 2.48. The lowest BCUT2D eigenvalue weighted by Gasteiger charge is -1.98. The van der Waals surface area contributed by atoms with Crippen LogP contribution >= 0.6 is 23.2 Å². The lowest BCUT2D eigenvalue weighted by Crippen LogP contribution is -1.96. The highest BCUT2D eigenvalue weighted by atomic mass is 35.5. The maximum atomic E-state index is 13.0. The van der Waals surface area contributed by atoms with Crippen molar-refractivity contribution in [3.8, 4) is 0 Å². The number of fused-ring (bicyclic) bond motifs is 1. The predicted octanol–water partition coefficient (Wildman–Crippen LogP) is 2.18. The zero-order valence-corrected chi connectivity index (χ0v) is 7.14. The van der Waals surface area contributed by atoms with Gasteiger partial charge in [-0.15, -0.1) is 0 Å². The van der Waals surface area contributed by atoms with Crippen LogP contribution < -0.4 is 0 Å². The van der Waals surface area contributed by atoms with Gasteiger partial charge < -0.3 is 0 Å². The van der Waals surface area contributed by atoms with Gasteiger partial charge in [-0.1, -0.05) is 23.2 Å². The van der Waals surface area contributed by atoms with E-state index in [1.165, 1.54) is 10.7 Å². The Balaban J connectivity index is 2.94. The van der Waals surface area contributed by atoms with Crippen LogP contribution in [0.15, 0.2) is 12.3 Å². The summed E-state index contributed by atoms with van der Waals surface area (Å²) < 4.78 is 14.1. The molecule has 0 fully saturated rings. The summed E-state index contributed by atoms with van der Waals surface area (Å²) >= 11 is 11.0. The minimum Gasteiger partial charge on any atom is -0.214 e. The molecule has 0 unspecified atom stereocenters. The molecule has 62 valence electrons. The summed E-state index contributed by atoms with van der Waals surface area (Å²) in [5.74, 6) is -0.755. The number of hydrogen-bond acceptors (Lipinski definition) is 2. The molecule has 12 heavy (non-hydrogen) atoms. The number of aromatic nitrogens is 3. The fourth-order valence-electron chi connectivity index (χ4n) is 0.860. The molecule has 0 aliphatic rings. The molecule has 2 aromatic heterocycles. The normalized spacial score (nSPS) is 10.9. The van der Waals surface area contributed by atoms with Crippen molar-refractivity contribution >= 4 is 28.8 Å². The van der Waals surface area contributed by atoms with E-state index in [1.807, 2.05) is 0 Å². The van der Waals surface area contributed by atoms with Crippen LogP contribution in [-0.2, 0) is 0 Å². The van der Waals surface area contributed by atoms with Crippen molar-refractivity contribution in [2.45, 2.75) is 0 Å². The first-order valence-electron chi connectivity index (χ1n) is 3.04. The fourth-order valence-corrected chi connectivity index (χ4v) is 1.30. The average molecular weight is 206 g/mol.